The van der Waals surface area contributed by atoms with Gasteiger partial charge in [-0.15, -0.1) is 0 Å². The van der Waals surface area contributed by atoms with E-state index in [9.17, 15) is 4.79 Å². The highest BCUT2D eigenvalue weighted by Gasteiger charge is 2.31. The van der Waals surface area contributed by atoms with Crippen molar-refractivity contribution in [3.05, 3.63) is 63.3 Å². The number of hydrogen-bond donors (Lipinski definition) is 0. The molecule has 0 saturated carbocycles. The second-order valence-electron chi connectivity index (χ2n) is 5.07. The van der Waals surface area contributed by atoms with E-state index in [0.29, 0.717) is 10.7 Å². The molecule has 3 nitrogen and oxygen atoms in total. The molecule has 21 heavy (non-hydrogen) atoms. The molecule has 0 radical (unpaired) electrons. The number of nitrogens with zero attached hydrogens (tertiary/aromatic N) is 2. The van der Waals surface area contributed by atoms with Gasteiger partial charge in [-0.3, -0.25) is 9.78 Å². The van der Waals surface area contributed by atoms with Crippen molar-refractivity contribution < 1.29 is 4.79 Å². The fourth-order valence-electron chi connectivity index (χ4n) is 2.74. The normalized spacial score (nSPS) is 18.0. The maximum Gasteiger partial charge on any atom is 0.273 e. The van der Waals surface area contributed by atoms with Gasteiger partial charge in [-0.2, -0.15) is 0 Å². The van der Waals surface area contributed by atoms with Crippen molar-refractivity contribution in [2.24, 2.45) is 0 Å². The highest BCUT2D eigenvalue weighted by Crippen LogP contribution is 2.34. The lowest BCUT2D eigenvalue weighted by atomic mass is 10.0. The van der Waals surface area contributed by atoms with Crippen LogP contribution in [0, 0.1) is 0 Å². The zero-order chi connectivity index (χ0) is 14.8. The van der Waals surface area contributed by atoms with E-state index in [1.807, 2.05) is 17.0 Å². The summed E-state index contributed by atoms with van der Waals surface area (Å²) in [6.45, 7) is 0.754. The molecule has 1 aliphatic rings. The van der Waals surface area contributed by atoms with Gasteiger partial charge in [-0.25, -0.2) is 0 Å². The Morgan fingerprint density at radius 2 is 2.19 bits per heavy atom. The van der Waals surface area contributed by atoms with E-state index in [-0.39, 0.29) is 11.9 Å². The van der Waals surface area contributed by atoms with Gasteiger partial charge in [0, 0.05) is 22.2 Å². The molecule has 1 aromatic carbocycles. The van der Waals surface area contributed by atoms with Crippen LogP contribution in [0.1, 0.15) is 34.9 Å². The topological polar surface area (TPSA) is 33.2 Å². The monoisotopic (exact) mass is 364 g/mol. The molecule has 1 aliphatic heterocycles. The number of rotatable bonds is 2. The fourth-order valence-corrected chi connectivity index (χ4v) is 3.32. The molecule has 0 N–H and O–H groups in total. The van der Waals surface area contributed by atoms with Crippen LogP contribution in [0.5, 0.6) is 0 Å². The first-order chi connectivity index (χ1) is 10.1. The Balaban J connectivity index is 1.89. The van der Waals surface area contributed by atoms with Gasteiger partial charge in [0.1, 0.15) is 5.69 Å². The molecule has 108 valence electrons. The van der Waals surface area contributed by atoms with Gasteiger partial charge in [0.2, 0.25) is 0 Å². The second kappa shape index (κ2) is 6.16. The van der Waals surface area contributed by atoms with E-state index in [2.05, 4.69) is 33.0 Å². The molecule has 1 fully saturated rings. The van der Waals surface area contributed by atoms with Gasteiger partial charge >= 0.3 is 0 Å². The van der Waals surface area contributed by atoms with Gasteiger partial charge in [-0.05, 0) is 42.7 Å². The minimum atomic E-state index is -0.0556. The number of likely N-dealkylation sites (tertiary alicyclic amines) is 1. The van der Waals surface area contributed by atoms with Gasteiger partial charge in [-0.1, -0.05) is 39.7 Å². The minimum absolute atomic E-state index is 0.0556. The summed E-state index contributed by atoms with van der Waals surface area (Å²) in [5.41, 5.74) is 1.56. The Bertz CT molecular complexity index is 677. The van der Waals surface area contributed by atoms with E-state index in [1.165, 1.54) is 0 Å². The standard InChI is InChI=1S/C16H14BrClN2O/c17-12-4-1-3-11(9-12)15-5-2-8-20(15)16(21)14-10-13(18)6-7-19-14/h1,3-4,6-7,9-10,15H,2,5,8H2. The van der Waals surface area contributed by atoms with E-state index in [4.69, 9.17) is 11.6 Å². The Labute approximate surface area is 137 Å². The van der Waals surface area contributed by atoms with E-state index >= 15 is 0 Å². The summed E-state index contributed by atoms with van der Waals surface area (Å²) in [6, 6.07) is 11.5. The van der Waals surface area contributed by atoms with Crippen LogP contribution < -0.4 is 0 Å². The smallest absolute Gasteiger partial charge is 0.273 e. The molecule has 2 heterocycles. The SMILES string of the molecule is O=C(c1cc(Cl)ccn1)N1CCCC1c1cccc(Br)c1. The predicted octanol–water partition coefficient (Wildman–Crippen LogP) is 4.47. The lowest BCUT2D eigenvalue weighted by molar-refractivity contribution is 0.0729. The zero-order valence-corrected chi connectivity index (χ0v) is 13.6. The number of carbonyl (C=O) groups excluding carboxylic acids is 1. The van der Waals surface area contributed by atoms with Crippen LogP contribution in [0.3, 0.4) is 0 Å². The van der Waals surface area contributed by atoms with Gasteiger partial charge in [0.15, 0.2) is 0 Å². The molecular weight excluding hydrogens is 352 g/mol. The fraction of sp³-hybridized carbons (Fsp3) is 0.250. The number of aromatic nitrogens is 1. The molecule has 1 unspecified atom stereocenters. The van der Waals surface area contributed by atoms with Crippen LogP contribution in [0.4, 0.5) is 0 Å². The predicted molar refractivity (Wildman–Crippen MR) is 86.4 cm³/mol. The van der Waals surface area contributed by atoms with Crippen LogP contribution in [-0.4, -0.2) is 22.3 Å². The zero-order valence-electron chi connectivity index (χ0n) is 11.3. The molecular formula is C16H14BrClN2O. The number of amides is 1. The number of halogens is 2. The van der Waals surface area contributed by atoms with E-state index < -0.39 is 0 Å². The summed E-state index contributed by atoms with van der Waals surface area (Å²) in [4.78, 5) is 18.7. The molecule has 5 heteroatoms. The Morgan fingerprint density at radius 1 is 1.33 bits per heavy atom. The first kappa shape index (κ1) is 14.5. The second-order valence-corrected chi connectivity index (χ2v) is 6.42. The summed E-state index contributed by atoms with van der Waals surface area (Å²) in [5.74, 6) is -0.0556. The molecule has 0 spiro atoms. The maximum atomic E-state index is 12.7. The third-order valence-corrected chi connectivity index (χ3v) is 4.42. The molecule has 1 atom stereocenters. The summed E-state index contributed by atoms with van der Waals surface area (Å²) < 4.78 is 1.03. The Hall–Kier alpha value is -1.39. The quantitative estimate of drug-likeness (QED) is 0.786. The van der Waals surface area contributed by atoms with Crippen molar-refractivity contribution in [1.29, 1.82) is 0 Å². The van der Waals surface area contributed by atoms with Crippen molar-refractivity contribution in [3.8, 4) is 0 Å². The first-order valence-corrected chi connectivity index (χ1v) is 8.00. The lowest BCUT2D eigenvalue weighted by Crippen LogP contribution is -2.31. The van der Waals surface area contributed by atoms with Gasteiger partial charge in [0.25, 0.3) is 5.91 Å². The van der Waals surface area contributed by atoms with Crippen LogP contribution >= 0.6 is 27.5 Å². The summed E-state index contributed by atoms with van der Waals surface area (Å²) >= 11 is 9.44. The highest BCUT2D eigenvalue weighted by atomic mass is 79.9. The third kappa shape index (κ3) is 3.11. The molecule has 1 saturated heterocycles. The average molecular weight is 366 g/mol. The van der Waals surface area contributed by atoms with Crippen molar-refractivity contribution >= 4 is 33.4 Å². The van der Waals surface area contributed by atoms with Gasteiger partial charge in [0.05, 0.1) is 6.04 Å². The van der Waals surface area contributed by atoms with E-state index in [0.717, 1.165) is 29.4 Å². The highest BCUT2D eigenvalue weighted by molar-refractivity contribution is 9.10. The lowest BCUT2D eigenvalue weighted by Gasteiger charge is -2.25. The van der Waals surface area contributed by atoms with Crippen LogP contribution in [-0.2, 0) is 0 Å². The van der Waals surface area contributed by atoms with Gasteiger partial charge < -0.3 is 4.90 Å². The molecule has 2 aromatic rings. The molecule has 0 aliphatic carbocycles. The van der Waals surface area contributed by atoms with Crippen LogP contribution in [0.2, 0.25) is 5.02 Å². The molecule has 3 rings (SSSR count). The van der Waals surface area contributed by atoms with Crippen molar-refractivity contribution in [2.75, 3.05) is 6.54 Å². The number of carbonyl (C=O) groups is 1. The molecule has 0 bridgehead atoms. The first-order valence-electron chi connectivity index (χ1n) is 6.83. The van der Waals surface area contributed by atoms with Crippen LogP contribution in [0.25, 0.3) is 0 Å². The largest absolute Gasteiger partial charge is 0.330 e. The average Bonchev–Trinajstić information content (AvgIpc) is 2.96. The minimum Gasteiger partial charge on any atom is -0.330 e. The van der Waals surface area contributed by atoms with Crippen molar-refractivity contribution in [3.63, 3.8) is 0 Å². The van der Waals surface area contributed by atoms with Crippen molar-refractivity contribution in [1.82, 2.24) is 9.88 Å². The third-order valence-electron chi connectivity index (χ3n) is 3.69. The summed E-state index contributed by atoms with van der Waals surface area (Å²) in [7, 11) is 0. The molecule has 1 amide bonds. The number of benzene rings is 1. The van der Waals surface area contributed by atoms with Crippen molar-refractivity contribution in [2.45, 2.75) is 18.9 Å². The Kier molecular flexibility index (Phi) is 4.27. The van der Waals surface area contributed by atoms with E-state index in [1.54, 1.807) is 18.3 Å². The summed E-state index contributed by atoms with van der Waals surface area (Å²) in [6.07, 6.45) is 3.55. The number of pyridine rings is 1. The molecule has 1 aromatic heterocycles. The summed E-state index contributed by atoms with van der Waals surface area (Å²) in [5, 5.41) is 0.534. The maximum absolute atomic E-state index is 12.7. The van der Waals surface area contributed by atoms with Crippen LogP contribution in [0.15, 0.2) is 47.1 Å². The Morgan fingerprint density at radius 3 is 2.95 bits per heavy atom. The number of hydrogen-bond acceptors (Lipinski definition) is 2.